The third kappa shape index (κ3) is 9.08. The molecule has 1 aromatic carbocycles. The number of hydrogen-bond donors (Lipinski definition) is 1. The number of likely N-dealkylation sites (tertiary alicyclic amines) is 1. The van der Waals surface area contributed by atoms with Gasteiger partial charge in [-0.05, 0) is 44.6 Å². The van der Waals surface area contributed by atoms with Crippen LogP contribution in [0.3, 0.4) is 0 Å². The summed E-state index contributed by atoms with van der Waals surface area (Å²) in [5.74, 6) is 0.991. The van der Waals surface area contributed by atoms with Crippen LogP contribution in [0.5, 0.6) is 0 Å². The molecule has 2 fully saturated rings. The molecule has 2 aliphatic rings. The average Bonchev–Trinajstić information content (AvgIpc) is 2.78. The van der Waals surface area contributed by atoms with Gasteiger partial charge in [0.15, 0.2) is 5.96 Å². The number of halogens is 1. The van der Waals surface area contributed by atoms with E-state index in [0.29, 0.717) is 32.0 Å². The van der Waals surface area contributed by atoms with E-state index in [9.17, 15) is 0 Å². The summed E-state index contributed by atoms with van der Waals surface area (Å²) in [5, 5.41) is 3.42. The molecule has 170 valence electrons. The summed E-state index contributed by atoms with van der Waals surface area (Å²) < 4.78 is 17.7. The summed E-state index contributed by atoms with van der Waals surface area (Å²) in [4.78, 5) is 7.10. The monoisotopic (exact) mass is 531 g/mol. The molecule has 0 amide bonds. The van der Waals surface area contributed by atoms with Crippen molar-refractivity contribution in [3.8, 4) is 0 Å². The lowest BCUT2D eigenvalue weighted by atomic mass is 10.1. The molecule has 30 heavy (non-hydrogen) atoms. The second-order valence-corrected chi connectivity index (χ2v) is 7.78. The second-order valence-electron chi connectivity index (χ2n) is 7.78. The highest BCUT2D eigenvalue weighted by Gasteiger charge is 2.23. The van der Waals surface area contributed by atoms with Crippen LogP contribution in [0, 0.1) is 0 Å². The fraction of sp³-hybridized carbons (Fsp3) is 0.696. The summed E-state index contributed by atoms with van der Waals surface area (Å²) in [6.07, 6.45) is 6.33. The van der Waals surface area contributed by atoms with E-state index in [0.717, 1.165) is 58.1 Å². The fourth-order valence-corrected chi connectivity index (χ4v) is 3.82. The molecule has 2 heterocycles. The highest BCUT2D eigenvalue weighted by Crippen LogP contribution is 2.18. The zero-order valence-corrected chi connectivity index (χ0v) is 20.6. The molecule has 1 aromatic rings. The Balaban J connectivity index is 0.00000320. The third-order valence-corrected chi connectivity index (χ3v) is 5.48. The van der Waals surface area contributed by atoms with Gasteiger partial charge in [-0.1, -0.05) is 30.3 Å². The van der Waals surface area contributed by atoms with Crippen LogP contribution in [0.15, 0.2) is 35.3 Å². The number of nitrogens with one attached hydrogen (secondary N) is 1. The zero-order chi connectivity index (χ0) is 20.2. The predicted molar refractivity (Wildman–Crippen MR) is 132 cm³/mol. The van der Waals surface area contributed by atoms with E-state index in [1.807, 2.05) is 18.2 Å². The molecule has 1 N–H and O–H groups in total. The molecule has 1 atom stereocenters. The Hall–Kier alpha value is -0.900. The van der Waals surface area contributed by atoms with E-state index < -0.39 is 0 Å². The van der Waals surface area contributed by atoms with E-state index in [-0.39, 0.29) is 24.0 Å². The van der Waals surface area contributed by atoms with Gasteiger partial charge in [-0.2, -0.15) is 0 Å². The Labute approximate surface area is 198 Å². The van der Waals surface area contributed by atoms with E-state index in [1.165, 1.54) is 18.4 Å². The Bertz CT molecular complexity index is 589. The maximum Gasteiger partial charge on any atom is 0.193 e. The van der Waals surface area contributed by atoms with Crippen LogP contribution >= 0.6 is 24.0 Å². The van der Waals surface area contributed by atoms with E-state index in [4.69, 9.17) is 19.2 Å². The molecular formula is C23H38IN3O3. The number of piperidine rings is 1. The van der Waals surface area contributed by atoms with Crippen molar-refractivity contribution in [1.82, 2.24) is 10.2 Å². The normalized spacial score (nSPS) is 20.6. The highest BCUT2D eigenvalue weighted by atomic mass is 127. The Morgan fingerprint density at radius 3 is 2.67 bits per heavy atom. The van der Waals surface area contributed by atoms with Crippen LogP contribution in [0.4, 0.5) is 0 Å². The van der Waals surface area contributed by atoms with Crippen LogP contribution < -0.4 is 5.32 Å². The first kappa shape index (κ1) is 25.4. The third-order valence-electron chi connectivity index (χ3n) is 5.48. The first-order chi connectivity index (χ1) is 14.3. The molecule has 0 spiro atoms. The van der Waals surface area contributed by atoms with Crippen LogP contribution in [0.25, 0.3) is 0 Å². The van der Waals surface area contributed by atoms with E-state index in [1.54, 1.807) is 0 Å². The lowest BCUT2D eigenvalue weighted by Gasteiger charge is -2.35. The van der Waals surface area contributed by atoms with Crippen molar-refractivity contribution in [3.05, 3.63) is 35.9 Å². The molecule has 0 bridgehead atoms. The summed E-state index contributed by atoms with van der Waals surface area (Å²) in [6, 6.07) is 10.3. The first-order valence-electron chi connectivity index (χ1n) is 11.2. The SMILES string of the molecule is CCNC(=NCCOCc1ccccc1)N1CCC(OCC2CCCCO2)CC1.I. The van der Waals surface area contributed by atoms with Gasteiger partial charge in [-0.3, -0.25) is 4.99 Å². The maximum atomic E-state index is 6.13. The quantitative estimate of drug-likeness (QED) is 0.227. The molecule has 0 aliphatic carbocycles. The number of aliphatic imine (C=N–C) groups is 1. The van der Waals surface area contributed by atoms with Crippen molar-refractivity contribution < 1.29 is 14.2 Å². The summed E-state index contributed by atoms with van der Waals surface area (Å²) >= 11 is 0. The van der Waals surface area contributed by atoms with Crippen molar-refractivity contribution >= 4 is 29.9 Å². The van der Waals surface area contributed by atoms with E-state index >= 15 is 0 Å². The molecule has 0 aromatic heterocycles. The molecule has 0 radical (unpaired) electrons. The molecule has 2 aliphatic heterocycles. The Morgan fingerprint density at radius 1 is 1.17 bits per heavy atom. The minimum Gasteiger partial charge on any atom is -0.376 e. The fourth-order valence-electron chi connectivity index (χ4n) is 3.82. The highest BCUT2D eigenvalue weighted by molar-refractivity contribution is 14.0. The predicted octanol–water partition coefficient (Wildman–Crippen LogP) is 3.84. The molecule has 1 unspecified atom stereocenters. The zero-order valence-electron chi connectivity index (χ0n) is 18.3. The van der Waals surface area contributed by atoms with Crippen molar-refractivity contribution in [2.24, 2.45) is 4.99 Å². The number of guanidine groups is 1. The molecule has 6 nitrogen and oxygen atoms in total. The molecule has 7 heteroatoms. The minimum absolute atomic E-state index is 0. The van der Waals surface area contributed by atoms with Gasteiger partial charge in [0.05, 0.1) is 38.6 Å². The summed E-state index contributed by atoms with van der Waals surface area (Å²) in [5.41, 5.74) is 1.20. The maximum absolute atomic E-state index is 6.13. The van der Waals surface area contributed by atoms with Gasteiger partial charge in [0.25, 0.3) is 0 Å². The van der Waals surface area contributed by atoms with Gasteiger partial charge in [0.2, 0.25) is 0 Å². The van der Waals surface area contributed by atoms with Gasteiger partial charge in [0, 0.05) is 26.2 Å². The summed E-state index contributed by atoms with van der Waals surface area (Å²) in [6.45, 7) is 8.53. The molecule has 2 saturated heterocycles. The van der Waals surface area contributed by atoms with Crippen LogP contribution in [-0.4, -0.2) is 69.1 Å². The number of nitrogens with zero attached hydrogens (tertiary/aromatic N) is 2. The molecular weight excluding hydrogens is 493 g/mol. The molecule has 0 saturated carbocycles. The lowest BCUT2D eigenvalue weighted by Crippen LogP contribution is -2.47. The second kappa shape index (κ2) is 15.0. The average molecular weight is 531 g/mol. The standard InChI is InChI=1S/C23H37N3O3.HI/c1-2-24-23(25-13-17-27-18-20-8-4-3-5-9-20)26-14-11-21(12-15-26)29-19-22-10-6-7-16-28-22;/h3-5,8-9,21-22H,2,6-7,10-19H2,1H3,(H,24,25);1H. The Morgan fingerprint density at radius 2 is 1.97 bits per heavy atom. The van der Waals surface area contributed by atoms with Crippen LogP contribution in [-0.2, 0) is 20.8 Å². The lowest BCUT2D eigenvalue weighted by molar-refractivity contribution is -0.0721. The van der Waals surface area contributed by atoms with Gasteiger partial charge in [-0.15, -0.1) is 24.0 Å². The first-order valence-corrected chi connectivity index (χ1v) is 11.2. The van der Waals surface area contributed by atoms with Gasteiger partial charge >= 0.3 is 0 Å². The Kier molecular flexibility index (Phi) is 12.7. The van der Waals surface area contributed by atoms with Crippen LogP contribution in [0.2, 0.25) is 0 Å². The van der Waals surface area contributed by atoms with Gasteiger partial charge in [0.1, 0.15) is 0 Å². The smallest absolute Gasteiger partial charge is 0.193 e. The number of hydrogen-bond acceptors (Lipinski definition) is 4. The summed E-state index contributed by atoms with van der Waals surface area (Å²) in [7, 11) is 0. The van der Waals surface area contributed by atoms with E-state index in [2.05, 4.69) is 29.3 Å². The minimum atomic E-state index is 0. The van der Waals surface area contributed by atoms with Crippen molar-refractivity contribution in [2.45, 2.75) is 57.8 Å². The van der Waals surface area contributed by atoms with Crippen molar-refractivity contribution in [3.63, 3.8) is 0 Å². The van der Waals surface area contributed by atoms with Crippen molar-refractivity contribution in [2.75, 3.05) is 46.0 Å². The van der Waals surface area contributed by atoms with Gasteiger partial charge < -0.3 is 24.4 Å². The number of ether oxygens (including phenoxy) is 3. The van der Waals surface area contributed by atoms with Gasteiger partial charge in [-0.25, -0.2) is 0 Å². The van der Waals surface area contributed by atoms with Crippen molar-refractivity contribution in [1.29, 1.82) is 0 Å². The number of benzene rings is 1. The topological polar surface area (TPSA) is 55.3 Å². The number of rotatable bonds is 9. The van der Waals surface area contributed by atoms with Crippen LogP contribution in [0.1, 0.15) is 44.6 Å². The largest absolute Gasteiger partial charge is 0.376 e. The molecule has 3 rings (SSSR count).